The van der Waals surface area contributed by atoms with Crippen LogP contribution in [0.25, 0.3) is 0 Å². The maximum absolute atomic E-state index is 13.1. The van der Waals surface area contributed by atoms with Gasteiger partial charge in [0, 0.05) is 38.3 Å². The summed E-state index contributed by atoms with van der Waals surface area (Å²) in [5.41, 5.74) is 2.17. The monoisotopic (exact) mass is 606 g/mol. The van der Waals surface area contributed by atoms with Gasteiger partial charge in [0.2, 0.25) is 0 Å². The molecule has 3 aliphatic rings. The van der Waals surface area contributed by atoms with Crippen LogP contribution in [-0.4, -0.2) is 101 Å². The van der Waals surface area contributed by atoms with Crippen LogP contribution < -0.4 is 9.64 Å². The number of amides is 2. The number of aromatic nitrogens is 2. The zero-order chi connectivity index (χ0) is 31.3. The van der Waals surface area contributed by atoms with Gasteiger partial charge in [0.25, 0.3) is 0 Å². The first-order valence-electron chi connectivity index (χ1n) is 15.6. The SMILES string of the molecule is CN(C)CC1CC/C=C\CC2CN(C(=O)OCc3ccccc3)CCN2c2nc(nc3c2CCN(C(=O)OC(C)(C)C)C3)O1. The smallest absolute Gasteiger partial charge is 0.410 e. The van der Waals surface area contributed by atoms with E-state index in [2.05, 4.69) is 22.0 Å². The maximum Gasteiger partial charge on any atom is 0.410 e. The molecule has 44 heavy (non-hydrogen) atoms. The molecule has 0 aliphatic carbocycles. The highest BCUT2D eigenvalue weighted by Crippen LogP contribution is 2.33. The molecule has 4 heterocycles. The molecular formula is C33H46N6O5. The number of carbonyl (C=O) groups excluding carboxylic acids is 2. The first-order valence-corrected chi connectivity index (χ1v) is 15.6. The van der Waals surface area contributed by atoms with Gasteiger partial charge in [-0.25, -0.2) is 9.59 Å². The van der Waals surface area contributed by atoms with E-state index in [0.717, 1.165) is 48.4 Å². The lowest BCUT2D eigenvalue weighted by Gasteiger charge is -2.43. The number of fused-ring (bicyclic) bond motifs is 6. The van der Waals surface area contributed by atoms with E-state index < -0.39 is 5.60 Å². The van der Waals surface area contributed by atoms with Gasteiger partial charge in [-0.3, -0.25) is 0 Å². The number of anilines is 1. The Morgan fingerprint density at radius 1 is 1.02 bits per heavy atom. The summed E-state index contributed by atoms with van der Waals surface area (Å²) < 4.78 is 17.8. The van der Waals surface area contributed by atoms with E-state index in [-0.39, 0.29) is 30.9 Å². The number of benzene rings is 1. The standard InChI is InChI=1S/C33H46N6O5/c1-33(2,3)44-32(41)37-17-16-27-28(22-37)34-30-35-29(27)39-19-18-38(31(40)42-23-24-12-8-6-9-13-24)20-25(39)14-10-7-11-15-26(43-30)21-36(4)5/h6-10,12-13,25-26H,11,14-23H2,1-5H3/b10-7-. The van der Waals surface area contributed by atoms with E-state index in [1.54, 1.807) is 9.80 Å². The first kappa shape index (κ1) is 31.6. The second-order valence-electron chi connectivity index (χ2n) is 13.0. The van der Waals surface area contributed by atoms with Crippen molar-refractivity contribution in [3.8, 4) is 6.01 Å². The number of nitrogens with zero attached hydrogens (tertiary/aromatic N) is 6. The molecule has 1 aromatic carbocycles. The van der Waals surface area contributed by atoms with Crippen LogP contribution in [0.15, 0.2) is 42.5 Å². The van der Waals surface area contributed by atoms with Crippen LogP contribution in [0.2, 0.25) is 0 Å². The van der Waals surface area contributed by atoms with E-state index in [1.165, 1.54) is 0 Å². The van der Waals surface area contributed by atoms with Crippen molar-refractivity contribution in [3.05, 3.63) is 59.3 Å². The van der Waals surface area contributed by atoms with Crippen LogP contribution in [0.5, 0.6) is 6.01 Å². The molecule has 2 unspecified atom stereocenters. The fraction of sp³-hybridized carbons (Fsp3) is 0.576. The molecule has 0 spiro atoms. The van der Waals surface area contributed by atoms with Crippen LogP contribution in [0.1, 0.15) is 56.9 Å². The zero-order valence-electron chi connectivity index (χ0n) is 26.7. The maximum atomic E-state index is 13.1. The highest BCUT2D eigenvalue weighted by Gasteiger charge is 2.36. The lowest BCUT2D eigenvalue weighted by Crippen LogP contribution is -2.55. The molecule has 1 fully saturated rings. The third-order valence-corrected chi connectivity index (χ3v) is 7.96. The van der Waals surface area contributed by atoms with Crippen LogP contribution in [0.3, 0.4) is 0 Å². The van der Waals surface area contributed by atoms with E-state index in [9.17, 15) is 9.59 Å². The van der Waals surface area contributed by atoms with Crippen LogP contribution >= 0.6 is 0 Å². The average molecular weight is 607 g/mol. The van der Waals surface area contributed by atoms with Gasteiger partial charge < -0.3 is 33.8 Å². The Morgan fingerprint density at radius 3 is 2.57 bits per heavy atom. The fourth-order valence-corrected chi connectivity index (χ4v) is 5.87. The van der Waals surface area contributed by atoms with Gasteiger partial charge in [0.1, 0.15) is 24.1 Å². The average Bonchev–Trinajstić information content (AvgIpc) is 2.97. The molecule has 11 nitrogen and oxygen atoms in total. The van der Waals surface area contributed by atoms with Crippen molar-refractivity contribution >= 4 is 18.0 Å². The van der Waals surface area contributed by atoms with E-state index >= 15 is 0 Å². The lowest BCUT2D eigenvalue weighted by atomic mass is 10.0. The van der Waals surface area contributed by atoms with Gasteiger partial charge in [-0.2, -0.15) is 9.97 Å². The highest BCUT2D eigenvalue weighted by atomic mass is 16.6. The van der Waals surface area contributed by atoms with Crippen molar-refractivity contribution in [2.24, 2.45) is 0 Å². The molecule has 2 aromatic rings. The summed E-state index contributed by atoms with van der Waals surface area (Å²) in [6.45, 7) is 9.05. The number of carbonyl (C=O) groups is 2. The number of piperazine rings is 1. The second kappa shape index (κ2) is 13.8. The van der Waals surface area contributed by atoms with Crippen molar-refractivity contribution < 1.29 is 23.8 Å². The van der Waals surface area contributed by atoms with Crippen molar-refractivity contribution in [1.29, 1.82) is 0 Å². The largest absolute Gasteiger partial charge is 0.459 e. The Bertz CT molecular complexity index is 1330. The summed E-state index contributed by atoms with van der Waals surface area (Å²) in [4.78, 5) is 43.9. The Kier molecular flexibility index (Phi) is 9.93. The van der Waals surface area contributed by atoms with Crippen molar-refractivity contribution in [1.82, 2.24) is 24.7 Å². The van der Waals surface area contributed by atoms with Crippen molar-refractivity contribution in [2.75, 3.05) is 51.7 Å². The number of hydrogen-bond donors (Lipinski definition) is 0. The van der Waals surface area contributed by atoms with Gasteiger partial charge in [-0.05, 0) is 66.1 Å². The molecule has 5 rings (SSSR count). The third kappa shape index (κ3) is 8.19. The fourth-order valence-electron chi connectivity index (χ4n) is 5.87. The molecule has 2 amide bonds. The minimum atomic E-state index is -0.585. The van der Waals surface area contributed by atoms with Gasteiger partial charge in [0.05, 0.1) is 18.3 Å². The molecule has 0 radical (unpaired) electrons. The van der Waals surface area contributed by atoms with Gasteiger partial charge in [0.15, 0.2) is 0 Å². The third-order valence-electron chi connectivity index (χ3n) is 7.96. The molecule has 3 aliphatic heterocycles. The molecular weight excluding hydrogens is 560 g/mol. The molecule has 0 saturated carbocycles. The van der Waals surface area contributed by atoms with Gasteiger partial charge in [-0.1, -0.05) is 42.5 Å². The normalized spacial score (nSPS) is 21.3. The molecule has 238 valence electrons. The molecule has 2 bridgehead atoms. The second-order valence-corrected chi connectivity index (χ2v) is 13.0. The summed E-state index contributed by atoms with van der Waals surface area (Å²) in [7, 11) is 4.06. The Morgan fingerprint density at radius 2 is 1.82 bits per heavy atom. The van der Waals surface area contributed by atoms with Gasteiger partial charge >= 0.3 is 18.2 Å². The summed E-state index contributed by atoms with van der Waals surface area (Å²) in [5.74, 6) is 0.828. The topological polar surface area (TPSA) is 101 Å². The minimum Gasteiger partial charge on any atom is -0.459 e. The summed E-state index contributed by atoms with van der Waals surface area (Å²) in [6.07, 6.45) is 6.73. The quantitative estimate of drug-likeness (QED) is 0.461. The highest BCUT2D eigenvalue weighted by molar-refractivity contribution is 5.70. The van der Waals surface area contributed by atoms with E-state index in [0.29, 0.717) is 45.2 Å². The minimum absolute atomic E-state index is 0.00277. The predicted molar refractivity (Wildman–Crippen MR) is 168 cm³/mol. The van der Waals surface area contributed by atoms with E-state index in [4.69, 9.17) is 24.2 Å². The van der Waals surface area contributed by atoms with Crippen LogP contribution in [-0.2, 0) is 29.0 Å². The summed E-state index contributed by atoms with van der Waals surface area (Å²) in [5, 5.41) is 0. The Labute approximate surface area is 260 Å². The van der Waals surface area contributed by atoms with Crippen LogP contribution in [0.4, 0.5) is 15.4 Å². The number of rotatable bonds is 4. The summed E-state index contributed by atoms with van der Waals surface area (Å²) >= 11 is 0. The van der Waals surface area contributed by atoms with E-state index in [1.807, 2.05) is 65.2 Å². The molecule has 1 saturated heterocycles. The number of likely N-dealkylation sites (N-methyl/N-ethyl adjacent to an activating group) is 1. The lowest BCUT2D eigenvalue weighted by molar-refractivity contribution is 0.0219. The Balaban J connectivity index is 1.41. The predicted octanol–water partition coefficient (Wildman–Crippen LogP) is 4.65. The van der Waals surface area contributed by atoms with Gasteiger partial charge in [-0.15, -0.1) is 0 Å². The molecule has 2 atom stereocenters. The number of hydrogen-bond acceptors (Lipinski definition) is 9. The summed E-state index contributed by atoms with van der Waals surface area (Å²) in [6, 6.07) is 10.1. The zero-order valence-corrected chi connectivity index (χ0v) is 26.7. The number of allylic oxidation sites excluding steroid dienone is 1. The van der Waals surface area contributed by atoms with Crippen molar-refractivity contribution in [2.45, 2.75) is 77.4 Å². The number of ether oxygens (including phenoxy) is 3. The Hall–Kier alpha value is -3.86. The molecule has 1 aromatic heterocycles. The first-order chi connectivity index (χ1) is 21.1. The van der Waals surface area contributed by atoms with Crippen molar-refractivity contribution in [3.63, 3.8) is 0 Å². The van der Waals surface area contributed by atoms with Crippen LogP contribution in [0, 0.1) is 0 Å². The molecule has 0 N–H and O–H groups in total. The molecule has 11 heteroatoms.